The summed E-state index contributed by atoms with van der Waals surface area (Å²) in [5, 5.41) is 0. The fourth-order valence-corrected chi connectivity index (χ4v) is 2.39. The molecule has 0 spiro atoms. The number of hydrogen-bond donors (Lipinski definition) is 1. The molecule has 0 aliphatic heterocycles. The monoisotopic (exact) mass is 237 g/mol. The van der Waals surface area contributed by atoms with Crippen molar-refractivity contribution in [3.63, 3.8) is 0 Å². The zero-order valence-electron chi connectivity index (χ0n) is 10.2. The van der Waals surface area contributed by atoms with Crippen LogP contribution in [0.1, 0.15) is 44.3 Å². The van der Waals surface area contributed by atoms with Crippen molar-refractivity contribution in [2.75, 3.05) is 0 Å². The van der Waals surface area contributed by atoms with Gasteiger partial charge in [0.05, 0.1) is 12.2 Å². The minimum absolute atomic E-state index is 0.0824. The van der Waals surface area contributed by atoms with Crippen molar-refractivity contribution < 1.29 is 9.13 Å². The second-order valence-electron chi connectivity index (χ2n) is 4.87. The zero-order valence-corrected chi connectivity index (χ0v) is 10.2. The largest absolute Gasteiger partial charge is 0.369 e. The van der Waals surface area contributed by atoms with Crippen LogP contribution in [0.3, 0.4) is 0 Å². The maximum Gasteiger partial charge on any atom is 0.123 e. The van der Waals surface area contributed by atoms with Crippen LogP contribution in [0.5, 0.6) is 0 Å². The van der Waals surface area contributed by atoms with Crippen molar-refractivity contribution in [3.05, 3.63) is 35.6 Å². The molecule has 0 radical (unpaired) electrons. The van der Waals surface area contributed by atoms with Gasteiger partial charge in [-0.3, -0.25) is 0 Å². The van der Waals surface area contributed by atoms with Gasteiger partial charge in [0.1, 0.15) is 5.82 Å². The summed E-state index contributed by atoms with van der Waals surface area (Å²) in [5.74, 6) is -0.224. The summed E-state index contributed by atoms with van der Waals surface area (Å²) in [6.07, 6.45) is 4.89. The van der Waals surface area contributed by atoms with Crippen LogP contribution in [0.25, 0.3) is 0 Å². The molecular formula is C14H20FNO. The molecule has 0 heterocycles. The quantitative estimate of drug-likeness (QED) is 0.873. The molecule has 94 valence electrons. The Morgan fingerprint density at radius 1 is 1.24 bits per heavy atom. The van der Waals surface area contributed by atoms with Crippen molar-refractivity contribution in [1.29, 1.82) is 0 Å². The third kappa shape index (κ3) is 3.27. The molecule has 2 N–H and O–H groups in total. The smallest absolute Gasteiger partial charge is 0.123 e. The zero-order chi connectivity index (χ0) is 12.3. The first-order valence-electron chi connectivity index (χ1n) is 6.33. The third-order valence-corrected chi connectivity index (χ3v) is 3.32. The highest BCUT2D eigenvalue weighted by Crippen LogP contribution is 2.29. The molecule has 1 saturated carbocycles. The first-order valence-corrected chi connectivity index (χ1v) is 6.33. The lowest BCUT2D eigenvalue weighted by Crippen LogP contribution is -2.29. The van der Waals surface area contributed by atoms with Gasteiger partial charge in [-0.25, -0.2) is 4.39 Å². The predicted molar refractivity (Wildman–Crippen MR) is 66.1 cm³/mol. The van der Waals surface area contributed by atoms with Crippen LogP contribution < -0.4 is 5.73 Å². The summed E-state index contributed by atoms with van der Waals surface area (Å²) < 4.78 is 18.9. The van der Waals surface area contributed by atoms with E-state index < -0.39 is 0 Å². The molecule has 0 amide bonds. The molecule has 2 rings (SSSR count). The maximum absolute atomic E-state index is 12.9. The van der Waals surface area contributed by atoms with Crippen LogP contribution in [0.2, 0.25) is 0 Å². The molecule has 0 aromatic heterocycles. The van der Waals surface area contributed by atoms with E-state index in [0.29, 0.717) is 6.10 Å². The van der Waals surface area contributed by atoms with Gasteiger partial charge in [0.2, 0.25) is 0 Å². The average molecular weight is 237 g/mol. The van der Waals surface area contributed by atoms with Crippen LogP contribution in [-0.2, 0) is 4.74 Å². The van der Waals surface area contributed by atoms with Crippen LogP contribution in [0.15, 0.2) is 24.3 Å². The number of hydrogen-bond acceptors (Lipinski definition) is 2. The van der Waals surface area contributed by atoms with Crippen LogP contribution in [0.4, 0.5) is 4.39 Å². The van der Waals surface area contributed by atoms with E-state index >= 15 is 0 Å². The Morgan fingerprint density at radius 2 is 1.82 bits per heavy atom. The Morgan fingerprint density at radius 3 is 2.35 bits per heavy atom. The van der Waals surface area contributed by atoms with Crippen LogP contribution >= 0.6 is 0 Å². The number of halogens is 1. The fraction of sp³-hybridized carbons (Fsp3) is 0.571. The van der Waals surface area contributed by atoms with Gasteiger partial charge < -0.3 is 10.5 Å². The molecule has 17 heavy (non-hydrogen) atoms. The Hall–Kier alpha value is -0.930. The number of rotatable bonds is 4. The summed E-state index contributed by atoms with van der Waals surface area (Å²) >= 11 is 0. The summed E-state index contributed by atoms with van der Waals surface area (Å²) in [5.41, 5.74) is 6.93. The lowest BCUT2D eigenvalue weighted by molar-refractivity contribution is -0.0202. The van der Waals surface area contributed by atoms with E-state index in [1.54, 1.807) is 12.1 Å². The van der Waals surface area contributed by atoms with E-state index in [1.165, 1.54) is 25.0 Å². The van der Waals surface area contributed by atoms with E-state index in [4.69, 9.17) is 10.5 Å². The third-order valence-electron chi connectivity index (χ3n) is 3.32. The maximum atomic E-state index is 12.9. The highest BCUT2D eigenvalue weighted by Gasteiger charge is 2.24. The molecule has 1 aliphatic rings. The van der Waals surface area contributed by atoms with E-state index in [1.807, 2.05) is 6.92 Å². The molecule has 2 atom stereocenters. The van der Waals surface area contributed by atoms with Gasteiger partial charge in [0, 0.05) is 6.04 Å². The summed E-state index contributed by atoms with van der Waals surface area (Å²) in [4.78, 5) is 0. The molecule has 3 heteroatoms. The van der Waals surface area contributed by atoms with E-state index in [9.17, 15) is 4.39 Å². The normalized spacial score (nSPS) is 20.4. The van der Waals surface area contributed by atoms with Gasteiger partial charge in [-0.1, -0.05) is 25.0 Å². The minimum atomic E-state index is -0.224. The van der Waals surface area contributed by atoms with Gasteiger partial charge >= 0.3 is 0 Å². The second-order valence-corrected chi connectivity index (χ2v) is 4.87. The summed E-state index contributed by atoms with van der Waals surface area (Å²) in [6, 6.07) is 6.36. The second kappa shape index (κ2) is 5.61. The van der Waals surface area contributed by atoms with Gasteiger partial charge in [0.15, 0.2) is 0 Å². The van der Waals surface area contributed by atoms with Gasteiger partial charge in [-0.2, -0.15) is 0 Å². The Kier molecular flexibility index (Phi) is 4.13. The molecular weight excluding hydrogens is 217 g/mol. The van der Waals surface area contributed by atoms with E-state index in [2.05, 4.69) is 0 Å². The number of nitrogens with two attached hydrogens (primary N) is 1. The van der Waals surface area contributed by atoms with Crippen molar-refractivity contribution in [1.82, 2.24) is 0 Å². The highest BCUT2D eigenvalue weighted by atomic mass is 19.1. The summed E-state index contributed by atoms with van der Waals surface area (Å²) in [7, 11) is 0. The average Bonchev–Trinajstić information content (AvgIpc) is 2.80. The molecule has 1 fully saturated rings. The van der Waals surface area contributed by atoms with Crippen molar-refractivity contribution in [2.45, 2.75) is 50.9 Å². The molecule has 2 nitrogen and oxygen atoms in total. The standard InChI is InChI=1S/C14H20FNO/c1-10(16)14(17-13-4-2-3-5-13)11-6-8-12(15)9-7-11/h6-10,13-14H,2-5,16H2,1H3. The van der Waals surface area contributed by atoms with Crippen molar-refractivity contribution >= 4 is 0 Å². The fourth-order valence-electron chi connectivity index (χ4n) is 2.39. The molecule has 1 aromatic carbocycles. The topological polar surface area (TPSA) is 35.2 Å². The Balaban J connectivity index is 2.08. The minimum Gasteiger partial charge on any atom is -0.369 e. The summed E-state index contributed by atoms with van der Waals surface area (Å²) in [6.45, 7) is 1.93. The van der Waals surface area contributed by atoms with E-state index in [0.717, 1.165) is 18.4 Å². The molecule has 1 aromatic rings. The Bertz CT molecular complexity index is 344. The highest BCUT2D eigenvalue weighted by molar-refractivity contribution is 5.20. The molecule has 1 aliphatic carbocycles. The molecule has 0 bridgehead atoms. The van der Waals surface area contributed by atoms with Gasteiger partial charge in [-0.15, -0.1) is 0 Å². The first-order chi connectivity index (χ1) is 8.16. The number of benzene rings is 1. The lowest BCUT2D eigenvalue weighted by Gasteiger charge is -2.25. The molecule has 0 saturated heterocycles. The van der Waals surface area contributed by atoms with Crippen molar-refractivity contribution in [3.8, 4) is 0 Å². The lowest BCUT2D eigenvalue weighted by atomic mass is 10.0. The van der Waals surface area contributed by atoms with Crippen LogP contribution in [0, 0.1) is 5.82 Å². The Labute approximate surface area is 102 Å². The number of ether oxygens (including phenoxy) is 1. The predicted octanol–water partition coefficient (Wildman–Crippen LogP) is 3.17. The van der Waals surface area contributed by atoms with Crippen molar-refractivity contribution in [2.24, 2.45) is 5.73 Å². The van der Waals surface area contributed by atoms with E-state index in [-0.39, 0.29) is 18.0 Å². The molecule has 2 unspecified atom stereocenters. The van der Waals surface area contributed by atoms with Gasteiger partial charge in [-0.05, 0) is 37.5 Å². The van der Waals surface area contributed by atoms with Gasteiger partial charge in [0.25, 0.3) is 0 Å². The SMILES string of the molecule is CC(N)C(OC1CCCC1)c1ccc(F)cc1. The first kappa shape index (κ1) is 12.5. The van der Waals surface area contributed by atoms with Crippen LogP contribution in [-0.4, -0.2) is 12.1 Å².